The molecule has 3 nitrogen and oxygen atoms in total. The highest BCUT2D eigenvalue weighted by atomic mass is 16.3. The van der Waals surface area contributed by atoms with E-state index in [2.05, 4.69) is 17.4 Å². The number of amides is 1. The molecule has 3 rings (SSSR count). The van der Waals surface area contributed by atoms with Gasteiger partial charge < -0.3 is 9.73 Å². The Labute approximate surface area is 125 Å². The fourth-order valence-electron chi connectivity index (χ4n) is 3.03. The lowest BCUT2D eigenvalue weighted by Crippen LogP contribution is -2.49. The molecule has 0 aliphatic heterocycles. The Morgan fingerprint density at radius 3 is 2.43 bits per heavy atom. The van der Waals surface area contributed by atoms with E-state index in [0.717, 1.165) is 36.3 Å². The molecule has 3 heteroatoms. The monoisotopic (exact) mass is 283 g/mol. The van der Waals surface area contributed by atoms with Crippen LogP contribution in [0.2, 0.25) is 0 Å². The van der Waals surface area contributed by atoms with Crippen LogP contribution in [0.15, 0.2) is 46.9 Å². The van der Waals surface area contributed by atoms with E-state index in [1.807, 2.05) is 44.2 Å². The van der Waals surface area contributed by atoms with E-state index in [1.165, 1.54) is 0 Å². The van der Waals surface area contributed by atoms with E-state index >= 15 is 0 Å². The second kappa shape index (κ2) is 5.40. The molecule has 21 heavy (non-hydrogen) atoms. The third-order valence-electron chi connectivity index (χ3n) is 4.50. The van der Waals surface area contributed by atoms with Crippen molar-refractivity contribution in [3.05, 3.63) is 59.5 Å². The van der Waals surface area contributed by atoms with Crippen molar-refractivity contribution in [2.24, 2.45) is 0 Å². The van der Waals surface area contributed by atoms with Gasteiger partial charge in [0, 0.05) is 0 Å². The Morgan fingerprint density at radius 1 is 1.19 bits per heavy atom. The molecule has 1 atom stereocenters. The summed E-state index contributed by atoms with van der Waals surface area (Å²) in [5, 5.41) is 3.12. The van der Waals surface area contributed by atoms with Gasteiger partial charge in [-0.3, -0.25) is 4.79 Å². The number of hydrogen-bond donors (Lipinski definition) is 1. The zero-order valence-corrected chi connectivity index (χ0v) is 12.6. The van der Waals surface area contributed by atoms with Crippen LogP contribution in [0.4, 0.5) is 0 Å². The van der Waals surface area contributed by atoms with Gasteiger partial charge in [0.25, 0.3) is 0 Å². The summed E-state index contributed by atoms with van der Waals surface area (Å²) in [4.78, 5) is 12.8. The van der Waals surface area contributed by atoms with Crippen LogP contribution in [0, 0.1) is 6.92 Å². The summed E-state index contributed by atoms with van der Waals surface area (Å²) >= 11 is 0. The van der Waals surface area contributed by atoms with E-state index in [1.54, 1.807) is 0 Å². The fourth-order valence-corrected chi connectivity index (χ4v) is 3.03. The van der Waals surface area contributed by atoms with Crippen LogP contribution >= 0.6 is 0 Å². The van der Waals surface area contributed by atoms with E-state index in [0.29, 0.717) is 0 Å². The molecule has 0 bridgehead atoms. The maximum Gasteiger partial charge on any atom is 0.231 e. The summed E-state index contributed by atoms with van der Waals surface area (Å²) in [6, 6.07) is 13.9. The lowest BCUT2D eigenvalue weighted by molar-refractivity contribution is -0.130. The number of nitrogens with one attached hydrogen (secondary N) is 1. The molecule has 1 N–H and O–H groups in total. The highest BCUT2D eigenvalue weighted by Crippen LogP contribution is 2.44. The largest absolute Gasteiger partial charge is 0.464 e. The lowest BCUT2D eigenvalue weighted by atomic mass is 9.63. The SMILES string of the molecule is Cc1ccc(C(C)NC(=O)C2(c3ccccc3)CCC2)o1. The number of carbonyl (C=O) groups is 1. The molecule has 1 amide bonds. The summed E-state index contributed by atoms with van der Waals surface area (Å²) in [5.41, 5.74) is 0.772. The number of hydrogen-bond acceptors (Lipinski definition) is 2. The standard InChI is InChI=1S/C18H21NO2/c1-13-9-10-16(21-13)14(2)19-17(20)18(11-6-12-18)15-7-4-3-5-8-15/h3-5,7-10,14H,6,11-12H2,1-2H3,(H,19,20). The lowest BCUT2D eigenvalue weighted by Gasteiger charge is -2.41. The molecule has 0 radical (unpaired) electrons. The Morgan fingerprint density at radius 2 is 1.90 bits per heavy atom. The predicted octanol–water partition coefficient (Wildman–Crippen LogP) is 3.89. The highest BCUT2D eigenvalue weighted by Gasteiger charge is 2.45. The summed E-state index contributed by atoms with van der Waals surface area (Å²) in [6.45, 7) is 3.88. The molecule has 0 spiro atoms. The van der Waals surface area contributed by atoms with Gasteiger partial charge in [-0.15, -0.1) is 0 Å². The number of rotatable bonds is 4. The van der Waals surface area contributed by atoms with E-state index in [9.17, 15) is 4.79 Å². The molecular formula is C18H21NO2. The quantitative estimate of drug-likeness (QED) is 0.925. The Balaban J connectivity index is 1.77. The van der Waals surface area contributed by atoms with Crippen LogP contribution < -0.4 is 5.32 Å². The van der Waals surface area contributed by atoms with Gasteiger partial charge in [-0.25, -0.2) is 0 Å². The molecule has 2 aromatic rings. The van der Waals surface area contributed by atoms with Crippen molar-refractivity contribution in [2.75, 3.05) is 0 Å². The first-order chi connectivity index (χ1) is 10.1. The van der Waals surface area contributed by atoms with Crippen LogP contribution in [0.3, 0.4) is 0 Å². The van der Waals surface area contributed by atoms with Crippen LogP contribution in [-0.2, 0) is 10.2 Å². The molecule has 1 aliphatic rings. The van der Waals surface area contributed by atoms with Gasteiger partial charge in [-0.2, -0.15) is 0 Å². The van der Waals surface area contributed by atoms with Crippen molar-refractivity contribution in [1.29, 1.82) is 0 Å². The van der Waals surface area contributed by atoms with Gasteiger partial charge in [0.15, 0.2) is 0 Å². The highest BCUT2D eigenvalue weighted by molar-refractivity contribution is 5.89. The second-order valence-electron chi connectivity index (χ2n) is 5.95. The van der Waals surface area contributed by atoms with Crippen LogP contribution in [0.5, 0.6) is 0 Å². The van der Waals surface area contributed by atoms with Gasteiger partial charge in [0.05, 0.1) is 11.5 Å². The van der Waals surface area contributed by atoms with Gasteiger partial charge in [-0.1, -0.05) is 36.8 Å². The normalized spacial score (nSPS) is 17.8. The topological polar surface area (TPSA) is 42.2 Å². The van der Waals surface area contributed by atoms with E-state index in [-0.39, 0.29) is 17.4 Å². The number of aryl methyl sites for hydroxylation is 1. The van der Waals surface area contributed by atoms with Crippen molar-refractivity contribution in [1.82, 2.24) is 5.32 Å². The minimum atomic E-state index is -0.350. The minimum absolute atomic E-state index is 0.104. The average Bonchev–Trinajstić information content (AvgIpc) is 2.85. The number of benzene rings is 1. The molecule has 1 aliphatic carbocycles. The molecule has 1 unspecified atom stereocenters. The summed E-state index contributed by atoms with van der Waals surface area (Å²) in [6.07, 6.45) is 2.95. The zero-order valence-electron chi connectivity index (χ0n) is 12.6. The Kier molecular flexibility index (Phi) is 3.58. The molecule has 1 heterocycles. The molecular weight excluding hydrogens is 262 g/mol. The van der Waals surface area contributed by atoms with Crippen LogP contribution in [0.1, 0.15) is 49.3 Å². The molecule has 1 saturated carbocycles. The van der Waals surface area contributed by atoms with Crippen LogP contribution in [0.25, 0.3) is 0 Å². The Bertz CT molecular complexity index is 626. The summed E-state index contributed by atoms with van der Waals surface area (Å²) < 4.78 is 5.60. The molecule has 1 aromatic heterocycles. The maximum atomic E-state index is 12.8. The second-order valence-corrected chi connectivity index (χ2v) is 5.95. The molecule has 0 saturated heterocycles. The average molecular weight is 283 g/mol. The molecule has 110 valence electrons. The third-order valence-corrected chi connectivity index (χ3v) is 4.50. The van der Waals surface area contributed by atoms with Crippen molar-refractivity contribution < 1.29 is 9.21 Å². The van der Waals surface area contributed by atoms with Gasteiger partial charge >= 0.3 is 0 Å². The van der Waals surface area contributed by atoms with Gasteiger partial charge in [0.2, 0.25) is 5.91 Å². The number of furan rings is 1. The molecule has 1 aromatic carbocycles. The predicted molar refractivity (Wildman–Crippen MR) is 82.0 cm³/mol. The van der Waals surface area contributed by atoms with Crippen molar-refractivity contribution in [3.8, 4) is 0 Å². The fraction of sp³-hybridized carbons (Fsp3) is 0.389. The van der Waals surface area contributed by atoms with Gasteiger partial charge in [0.1, 0.15) is 11.5 Å². The first kappa shape index (κ1) is 13.9. The zero-order chi connectivity index (χ0) is 14.9. The van der Waals surface area contributed by atoms with Gasteiger partial charge in [-0.05, 0) is 44.4 Å². The first-order valence-electron chi connectivity index (χ1n) is 7.55. The van der Waals surface area contributed by atoms with Crippen molar-refractivity contribution >= 4 is 5.91 Å². The molecule has 1 fully saturated rings. The van der Waals surface area contributed by atoms with Crippen LogP contribution in [-0.4, -0.2) is 5.91 Å². The number of carbonyl (C=O) groups excluding carboxylic acids is 1. The summed E-state index contributed by atoms with van der Waals surface area (Å²) in [5.74, 6) is 1.79. The first-order valence-corrected chi connectivity index (χ1v) is 7.55. The third kappa shape index (κ3) is 2.48. The van der Waals surface area contributed by atoms with Crippen molar-refractivity contribution in [3.63, 3.8) is 0 Å². The smallest absolute Gasteiger partial charge is 0.231 e. The Hall–Kier alpha value is -2.03. The van der Waals surface area contributed by atoms with Crippen molar-refractivity contribution in [2.45, 2.75) is 44.6 Å². The minimum Gasteiger partial charge on any atom is -0.464 e. The maximum absolute atomic E-state index is 12.8. The summed E-state index contributed by atoms with van der Waals surface area (Å²) in [7, 11) is 0. The van der Waals surface area contributed by atoms with E-state index in [4.69, 9.17) is 4.42 Å². The van der Waals surface area contributed by atoms with E-state index < -0.39 is 0 Å².